The predicted octanol–water partition coefficient (Wildman–Crippen LogP) is 3.82. The number of halogens is 1. The molecule has 26 heavy (non-hydrogen) atoms. The number of rotatable bonds is 6. The Morgan fingerprint density at radius 2 is 2.04 bits per heavy atom. The predicted molar refractivity (Wildman–Crippen MR) is 104 cm³/mol. The smallest absolute Gasteiger partial charge is 0.253 e. The van der Waals surface area contributed by atoms with Gasteiger partial charge in [-0.1, -0.05) is 18.5 Å². The number of hydrogen-bond donors (Lipinski definition) is 1. The third-order valence-electron chi connectivity index (χ3n) is 4.89. The average molecular weight is 376 g/mol. The summed E-state index contributed by atoms with van der Waals surface area (Å²) >= 11 is 6.33. The van der Waals surface area contributed by atoms with Crippen LogP contribution < -0.4 is 10.2 Å². The van der Waals surface area contributed by atoms with Gasteiger partial charge in [0.2, 0.25) is 0 Å². The Morgan fingerprint density at radius 1 is 1.27 bits per heavy atom. The second kappa shape index (κ2) is 8.54. The summed E-state index contributed by atoms with van der Waals surface area (Å²) in [5.74, 6) is 0.595. The van der Waals surface area contributed by atoms with Crippen molar-refractivity contribution in [2.24, 2.45) is 0 Å². The lowest BCUT2D eigenvalue weighted by molar-refractivity contribution is 0.0933. The van der Waals surface area contributed by atoms with Crippen molar-refractivity contribution < 1.29 is 4.79 Å². The van der Waals surface area contributed by atoms with Crippen molar-refractivity contribution in [3.05, 3.63) is 40.9 Å². The van der Waals surface area contributed by atoms with E-state index in [1.807, 2.05) is 32.0 Å². The lowest BCUT2D eigenvalue weighted by Gasteiger charge is -2.29. The average Bonchev–Trinajstić information content (AvgIpc) is 3.15. The van der Waals surface area contributed by atoms with Gasteiger partial charge in [-0.15, -0.1) is 0 Å². The number of aromatic nitrogens is 3. The zero-order valence-corrected chi connectivity index (χ0v) is 16.2. The van der Waals surface area contributed by atoms with Gasteiger partial charge >= 0.3 is 0 Å². The Balaban J connectivity index is 1.80. The maximum Gasteiger partial charge on any atom is 0.253 e. The molecule has 1 aromatic carbocycles. The number of hydrogen-bond acceptors (Lipinski definition) is 4. The van der Waals surface area contributed by atoms with Crippen LogP contribution in [0.3, 0.4) is 0 Å². The van der Waals surface area contributed by atoms with Crippen molar-refractivity contribution in [3.8, 4) is 0 Å². The van der Waals surface area contributed by atoms with Gasteiger partial charge in [-0.05, 0) is 50.8 Å². The molecule has 0 spiro atoms. The first-order valence-electron chi connectivity index (χ1n) is 9.37. The summed E-state index contributed by atoms with van der Waals surface area (Å²) in [7, 11) is 0. The van der Waals surface area contributed by atoms with Gasteiger partial charge in [0.25, 0.3) is 5.91 Å². The van der Waals surface area contributed by atoms with Gasteiger partial charge in [-0.25, -0.2) is 9.67 Å². The van der Waals surface area contributed by atoms with E-state index in [9.17, 15) is 4.79 Å². The highest BCUT2D eigenvalue weighted by atomic mass is 35.5. The molecule has 2 aromatic rings. The Kier molecular flexibility index (Phi) is 6.14. The van der Waals surface area contributed by atoms with E-state index in [4.69, 9.17) is 11.6 Å². The number of carbonyl (C=O) groups is 1. The monoisotopic (exact) mass is 375 g/mol. The summed E-state index contributed by atoms with van der Waals surface area (Å²) in [6, 6.07) is 5.52. The topological polar surface area (TPSA) is 63.1 Å². The van der Waals surface area contributed by atoms with Gasteiger partial charge < -0.3 is 10.2 Å². The first kappa shape index (κ1) is 18.7. The Labute approximate surface area is 159 Å². The van der Waals surface area contributed by atoms with Crippen LogP contribution in [0.25, 0.3) is 0 Å². The highest BCUT2D eigenvalue weighted by Crippen LogP contribution is 2.26. The van der Waals surface area contributed by atoms with Crippen LogP contribution in [0.4, 0.5) is 5.69 Å². The number of carbonyl (C=O) groups excluding carboxylic acids is 1. The van der Waals surface area contributed by atoms with Crippen LogP contribution in [0.2, 0.25) is 5.02 Å². The highest BCUT2D eigenvalue weighted by Gasteiger charge is 2.21. The van der Waals surface area contributed by atoms with Gasteiger partial charge in [0.1, 0.15) is 12.2 Å². The molecule has 0 bridgehead atoms. The molecule has 1 N–H and O–H groups in total. The summed E-state index contributed by atoms with van der Waals surface area (Å²) in [5, 5.41) is 7.73. The molecule has 1 aromatic heterocycles. The van der Waals surface area contributed by atoms with E-state index in [2.05, 4.69) is 20.3 Å². The van der Waals surface area contributed by atoms with Crippen molar-refractivity contribution in [1.82, 2.24) is 20.1 Å². The second-order valence-corrected chi connectivity index (χ2v) is 6.99. The molecular weight excluding hydrogens is 350 g/mol. The molecule has 140 valence electrons. The van der Waals surface area contributed by atoms with Crippen LogP contribution in [-0.2, 0) is 6.54 Å². The molecule has 0 aliphatic carbocycles. The second-order valence-electron chi connectivity index (χ2n) is 6.58. The SMILES string of the molecule is CC[C@H](NC(=O)c1cc(N2CCCCC2)ccc1Cl)c1ncnn1CC. The zero-order valence-electron chi connectivity index (χ0n) is 15.4. The van der Waals surface area contributed by atoms with Crippen molar-refractivity contribution in [1.29, 1.82) is 0 Å². The van der Waals surface area contributed by atoms with E-state index < -0.39 is 0 Å². The summed E-state index contributed by atoms with van der Waals surface area (Å²) in [5.41, 5.74) is 1.57. The lowest BCUT2D eigenvalue weighted by Crippen LogP contribution is -2.32. The normalized spacial score (nSPS) is 15.7. The van der Waals surface area contributed by atoms with Gasteiger partial charge in [0, 0.05) is 25.3 Å². The number of aryl methyl sites for hydroxylation is 1. The van der Waals surface area contributed by atoms with Crippen molar-refractivity contribution >= 4 is 23.2 Å². The first-order chi connectivity index (χ1) is 12.6. The fourth-order valence-electron chi connectivity index (χ4n) is 3.41. The molecule has 1 amide bonds. The number of anilines is 1. The van der Waals surface area contributed by atoms with Crippen LogP contribution >= 0.6 is 11.6 Å². The Morgan fingerprint density at radius 3 is 2.73 bits per heavy atom. The standard InChI is InChI=1S/C19H26ClN5O/c1-3-17(18-21-13-22-25(18)4-2)23-19(26)15-12-14(8-9-16(15)20)24-10-6-5-7-11-24/h8-9,12-13,17H,3-7,10-11H2,1-2H3,(H,23,26)/t17-/m0/s1. The van der Waals surface area contributed by atoms with Crippen LogP contribution in [0.5, 0.6) is 0 Å². The molecule has 0 radical (unpaired) electrons. The molecule has 1 saturated heterocycles. The Bertz CT molecular complexity index is 754. The maximum atomic E-state index is 12.9. The fraction of sp³-hybridized carbons (Fsp3) is 0.526. The third kappa shape index (κ3) is 4.01. The van der Waals surface area contributed by atoms with E-state index in [0.717, 1.165) is 31.0 Å². The van der Waals surface area contributed by atoms with Gasteiger partial charge in [-0.2, -0.15) is 5.10 Å². The molecule has 3 rings (SSSR count). The largest absolute Gasteiger partial charge is 0.372 e. The summed E-state index contributed by atoms with van der Waals surface area (Å²) in [6.45, 7) is 6.80. The molecule has 6 nitrogen and oxygen atoms in total. The number of nitrogens with zero attached hydrogens (tertiary/aromatic N) is 4. The molecule has 1 fully saturated rings. The molecule has 0 saturated carbocycles. The van der Waals surface area contributed by atoms with Crippen LogP contribution in [0.1, 0.15) is 61.8 Å². The van der Waals surface area contributed by atoms with Crippen LogP contribution in [0, 0.1) is 0 Å². The third-order valence-corrected chi connectivity index (χ3v) is 5.22. The van der Waals surface area contributed by atoms with Crippen molar-refractivity contribution in [2.45, 2.75) is 52.1 Å². The lowest BCUT2D eigenvalue weighted by atomic mass is 10.1. The van der Waals surface area contributed by atoms with Crippen LogP contribution in [0.15, 0.2) is 24.5 Å². The fourth-order valence-corrected chi connectivity index (χ4v) is 3.61. The summed E-state index contributed by atoms with van der Waals surface area (Å²) in [6.07, 6.45) is 5.91. The maximum absolute atomic E-state index is 12.9. The summed E-state index contributed by atoms with van der Waals surface area (Å²) in [4.78, 5) is 19.5. The van der Waals surface area contributed by atoms with E-state index in [1.165, 1.54) is 25.6 Å². The zero-order chi connectivity index (χ0) is 18.5. The van der Waals surface area contributed by atoms with E-state index >= 15 is 0 Å². The number of piperidine rings is 1. The van der Waals surface area contributed by atoms with Gasteiger partial charge in [0.15, 0.2) is 0 Å². The minimum Gasteiger partial charge on any atom is -0.372 e. The molecule has 1 atom stereocenters. The molecule has 0 unspecified atom stereocenters. The number of benzene rings is 1. The molecule has 1 aliphatic heterocycles. The molecule has 7 heteroatoms. The summed E-state index contributed by atoms with van der Waals surface area (Å²) < 4.78 is 1.81. The minimum atomic E-state index is -0.195. The van der Waals surface area contributed by atoms with Crippen LogP contribution in [-0.4, -0.2) is 33.8 Å². The van der Waals surface area contributed by atoms with E-state index in [1.54, 1.807) is 4.68 Å². The molecular formula is C19H26ClN5O. The molecule has 1 aliphatic rings. The van der Waals surface area contributed by atoms with Crippen molar-refractivity contribution in [3.63, 3.8) is 0 Å². The van der Waals surface area contributed by atoms with E-state index in [0.29, 0.717) is 17.1 Å². The van der Waals surface area contributed by atoms with Crippen molar-refractivity contribution in [2.75, 3.05) is 18.0 Å². The van der Waals surface area contributed by atoms with Gasteiger partial charge in [-0.3, -0.25) is 4.79 Å². The first-order valence-corrected chi connectivity index (χ1v) is 9.74. The number of nitrogens with one attached hydrogen (secondary N) is 1. The molecule has 2 heterocycles. The minimum absolute atomic E-state index is 0.175. The van der Waals surface area contributed by atoms with Gasteiger partial charge in [0.05, 0.1) is 16.6 Å². The van der Waals surface area contributed by atoms with E-state index in [-0.39, 0.29) is 11.9 Å². The highest BCUT2D eigenvalue weighted by molar-refractivity contribution is 6.34. The quantitative estimate of drug-likeness (QED) is 0.833. The Hall–Kier alpha value is -2.08. The number of amides is 1.